The number of ketones is 1. The van der Waals surface area contributed by atoms with Crippen LogP contribution in [0, 0.1) is 0 Å². The lowest BCUT2D eigenvalue weighted by Gasteiger charge is -2.25. The van der Waals surface area contributed by atoms with E-state index in [0.29, 0.717) is 6.42 Å². The quantitative estimate of drug-likeness (QED) is 0.743. The van der Waals surface area contributed by atoms with E-state index >= 15 is 0 Å². The number of nitrogens with zero attached hydrogens (tertiary/aromatic N) is 1. The molecule has 0 unspecified atom stereocenters. The van der Waals surface area contributed by atoms with Gasteiger partial charge >= 0.3 is 0 Å². The van der Waals surface area contributed by atoms with Gasteiger partial charge in [0.15, 0.2) is 5.78 Å². The van der Waals surface area contributed by atoms with Crippen molar-refractivity contribution in [3.8, 4) is 0 Å². The van der Waals surface area contributed by atoms with Gasteiger partial charge in [0.25, 0.3) is 0 Å². The number of ether oxygens (including phenoxy) is 1. The molecular weight excluding hydrogens is 226 g/mol. The van der Waals surface area contributed by atoms with E-state index in [1.54, 1.807) is 6.08 Å². The molecule has 0 aliphatic carbocycles. The third kappa shape index (κ3) is 4.43. The maximum absolute atomic E-state index is 11.7. The van der Waals surface area contributed by atoms with Crippen molar-refractivity contribution in [3.63, 3.8) is 0 Å². The van der Waals surface area contributed by atoms with Crippen molar-refractivity contribution >= 4 is 11.9 Å². The van der Waals surface area contributed by atoms with Crippen molar-refractivity contribution in [1.82, 2.24) is 4.90 Å². The van der Waals surface area contributed by atoms with Crippen LogP contribution in [0.1, 0.15) is 12.0 Å². The normalized spacial score (nSPS) is 17.1. The number of carbonyl (C=O) groups is 1. The Hall–Kier alpha value is -1.45. The van der Waals surface area contributed by atoms with Crippen LogP contribution >= 0.6 is 0 Å². The first-order chi connectivity index (χ1) is 8.84. The molecule has 0 spiro atoms. The molecule has 1 saturated heterocycles. The molecule has 1 aliphatic rings. The predicted octanol–water partition coefficient (Wildman–Crippen LogP) is 1.99. The average molecular weight is 245 g/mol. The van der Waals surface area contributed by atoms with Crippen molar-refractivity contribution < 1.29 is 9.53 Å². The molecule has 0 saturated carbocycles. The molecule has 96 valence electrons. The number of hydrogen-bond donors (Lipinski definition) is 0. The number of hydrogen-bond acceptors (Lipinski definition) is 3. The van der Waals surface area contributed by atoms with Gasteiger partial charge in [0, 0.05) is 26.1 Å². The van der Waals surface area contributed by atoms with Gasteiger partial charge in [0.1, 0.15) is 0 Å². The Labute approximate surface area is 108 Å². The molecule has 1 aromatic carbocycles. The van der Waals surface area contributed by atoms with Crippen LogP contribution in [0.25, 0.3) is 6.08 Å². The molecule has 1 heterocycles. The van der Waals surface area contributed by atoms with Crippen molar-refractivity contribution in [2.24, 2.45) is 0 Å². The number of allylic oxidation sites excluding steroid dienone is 1. The molecule has 0 aromatic heterocycles. The summed E-state index contributed by atoms with van der Waals surface area (Å²) < 4.78 is 5.27. The maximum atomic E-state index is 11.7. The molecule has 1 aromatic rings. The van der Waals surface area contributed by atoms with Gasteiger partial charge in [-0.25, -0.2) is 0 Å². The topological polar surface area (TPSA) is 29.5 Å². The Balaban J connectivity index is 1.73. The lowest BCUT2D eigenvalue weighted by Crippen LogP contribution is -2.37. The van der Waals surface area contributed by atoms with Gasteiger partial charge in [-0.3, -0.25) is 9.69 Å². The van der Waals surface area contributed by atoms with Gasteiger partial charge in [0.05, 0.1) is 13.2 Å². The van der Waals surface area contributed by atoms with Crippen molar-refractivity contribution in [2.45, 2.75) is 6.42 Å². The van der Waals surface area contributed by atoms with E-state index in [1.165, 1.54) is 0 Å². The molecule has 3 heteroatoms. The van der Waals surface area contributed by atoms with Crippen LogP contribution in [0.5, 0.6) is 0 Å². The molecular formula is C15H19NO2. The minimum atomic E-state index is 0.186. The van der Waals surface area contributed by atoms with Gasteiger partial charge in [-0.15, -0.1) is 0 Å². The highest BCUT2D eigenvalue weighted by molar-refractivity contribution is 5.93. The predicted molar refractivity (Wildman–Crippen MR) is 72.4 cm³/mol. The van der Waals surface area contributed by atoms with Crippen LogP contribution < -0.4 is 0 Å². The molecule has 0 bridgehead atoms. The van der Waals surface area contributed by atoms with Gasteiger partial charge in [-0.1, -0.05) is 36.4 Å². The second-order valence-corrected chi connectivity index (χ2v) is 4.41. The van der Waals surface area contributed by atoms with E-state index in [-0.39, 0.29) is 5.78 Å². The first kappa shape index (κ1) is 13.0. The lowest BCUT2D eigenvalue weighted by atomic mass is 10.1. The minimum Gasteiger partial charge on any atom is -0.379 e. The second-order valence-electron chi connectivity index (χ2n) is 4.41. The number of morpholine rings is 1. The fraction of sp³-hybridized carbons (Fsp3) is 0.400. The fourth-order valence-corrected chi connectivity index (χ4v) is 1.93. The summed E-state index contributed by atoms with van der Waals surface area (Å²) >= 11 is 0. The van der Waals surface area contributed by atoms with Gasteiger partial charge in [-0.2, -0.15) is 0 Å². The van der Waals surface area contributed by atoms with Crippen LogP contribution in [0.15, 0.2) is 36.4 Å². The average Bonchev–Trinajstić information content (AvgIpc) is 2.45. The van der Waals surface area contributed by atoms with Crippen molar-refractivity contribution in [1.29, 1.82) is 0 Å². The summed E-state index contributed by atoms with van der Waals surface area (Å²) in [5.74, 6) is 0.186. The zero-order chi connectivity index (χ0) is 12.6. The Morgan fingerprint density at radius 2 is 1.94 bits per heavy atom. The Bertz CT molecular complexity index is 394. The largest absolute Gasteiger partial charge is 0.379 e. The van der Waals surface area contributed by atoms with E-state index in [0.717, 1.165) is 38.4 Å². The molecule has 18 heavy (non-hydrogen) atoms. The molecule has 0 amide bonds. The molecule has 1 aliphatic heterocycles. The number of carbonyl (C=O) groups excluding carboxylic acids is 1. The fourth-order valence-electron chi connectivity index (χ4n) is 1.93. The third-order valence-corrected chi connectivity index (χ3v) is 3.04. The van der Waals surface area contributed by atoms with Crippen LogP contribution in [-0.2, 0) is 9.53 Å². The van der Waals surface area contributed by atoms with Crippen molar-refractivity contribution in [3.05, 3.63) is 42.0 Å². The number of rotatable bonds is 5. The van der Waals surface area contributed by atoms with Crippen LogP contribution in [0.2, 0.25) is 0 Å². The maximum Gasteiger partial charge on any atom is 0.156 e. The molecule has 1 fully saturated rings. The zero-order valence-corrected chi connectivity index (χ0v) is 10.5. The van der Waals surface area contributed by atoms with Crippen LogP contribution in [-0.4, -0.2) is 43.5 Å². The zero-order valence-electron chi connectivity index (χ0n) is 10.5. The standard InChI is InChI=1S/C15H19NO2/c17-15(7-6-14-4-2-1-3-5-14)8-9-16-10-12-18-13-11-16/h1-7H,8-13H2/b7-6+. The minimum absolute atomic E-state index is 0.186. The lowest BCUT2D eigenvalue weighted by molar-refractivity contribution is -0.115. The highest BCUT2D eigenvalue weighted by atomic mass is 16.5. The van der Waals surface area contributed by atoms with E-state index in [2.05, 4.69) is 4.90 Å². The first-order valence-corrected chi connectivity index (χ1v) is 6.41. The molecule has 2 rings (SSSR count). The summed E-state index contributed by atoms with van der Waals surface area (Å²) in [6.07, 6.45) is 4.14. The molecule has 0 N–H and O–H groups in total. The van der Waals surface area contributed by atoms with E-state index in [1.807, 2.05) is 36.4 Å². The van der Waals surface area contributed by atoms with E-state index in [4.69, 9.17) is 4.74 Å². The molecule has 0 radical (unpaired) electrons. The summed E-state index contributed by atoms with van der Waals surface area (Å²) in [7, 11) is 0. The number of benzene rings is 1. The van der Waals surface area contributed by atoms with Crippen LogP contribution in [0.3, 0.4) is 0 Å². The summed E-state index contributed by atoms with van der Waals surface area (Å²) in [6, 6.07) is 9.89. The molecule has 3 nitrogen and oxygen atoms in total. The third-order valence-electron chi connectivity index (χ3n) is 3.04. The van der Waals surface area contributed by atoms with Crippen molar-refractivity contribution in [2.75, 3.05) is 32.8 Å². The first-order valence-electron chi connectivity index (χ1n) is 6.41. The Morgan fingerprint density at radius 1 is 1.22 bits per heavy atom. The summed E-state index contributed by atoms with van der Waals surface area (Å²) in [4.78, 5) is 14.0. The Kier molecular flexibility index (Phi) is 5.12. The SMILES string of the molecule is O=C(/C=C/c1ccccc1)CCN1CCOCC1. The van der Waals surface area contributed by atoms with E-state index < -0.39 is 0 Å². The summed E-state index contributed by atoms with van der Waals surface area (Å²) in [5.41, 5.74) is 1.07. The van der Waals surface area contributed by atoms with Gasteiger partial charge in [-0.05, 0) is 11.6 Å². The smallest absolute Gasteiger partial charge is 0.156 e. The highest BCUT2D eigenvalue weighted by Crippen LogP contribution is 2.03. The molecule has 0 atom stereocenters. The monoisotopic (exact) mass is 245 g/mol. The van der Waals surface area contributed by atoms with Gasteiger partial charge in [0.2, 0.25) is 0 Å². The van der Waals surface area contributed by atoms with Gasteiger partial charge < -0.3 is 4.74 Å². The summed E-state index contributed by atoms with van der Waals surface area (Å²) in [5, 5.41) is 0. The van der Waals surface area contributed by atoms with Crippen LogP contribution in [0.4, 0.5) is 0 Å². The Morgan fingerprint density at radius 3 is 2.67 bits per heavy atom. The summed E-state index contributed by atoms with van der Waals surface area (Å²) in [6.45, 7) is 4.29. The van der Waals surface area contributed by atoms with E-state index in [9.17, 15) is 4.79 Å². The second kappa shape index (κ2) is 7.09. The highest BCUT2D eigenvalue weighted by Gasteiger charge is 2.10.